The van der Waals surface area contributed by atoms with E-state index in [-0.39, 0.29) is 0 Å². The second kappa shape index (κ2) is 6.43. The molecule has 0 atom stereocenters. The number of hydrogen-bond donors (Lipinski definition) is 1. The van der Waals surface area contributed by atoms with Gasteiger partial charge < -0.3 is 0 Å². The van der Waals surface area contributed by atoms with Gasteiger partial charge in [-0.1, -0.05) is 24.3 Å². The van der Waals surface area contributed by atoms with Crippen molar-refractivity contribution in [2.75, 3.05) is 38.5 Å². The normalized spacial score (nSPS) is 18.5. The molecule has 0 spiro atoms. The molecule has 1 aromatic carbocycles. The average molecular weight is 250 g/mol. The Morgan fingerprint density at radius 2 is 1.71 bits per heavy atom. The first-order valence-corrected chi connectivity index (χ1v) is 7.03. The molecule has 0 unspecified atom stereocenters. The maximum absolute atomic E-state index is 4.29. The number of hydrogen-bond acceptors (Lipinski definition) is 3. The minimum atomic E-state index is 0.970. The summed E-state index contributed by atoms with van der Waals surface area (Å²) >= 11 is 4.29. The summed E-state index contributed by atoms with van der Waals surface area (Å²) in [6.07, 6.45) is 0. The van der Waals surface area contributed by atoms with Gasteiger partial charge in [0, 0.05) is 45.0 Å². The minimum Gasteiger partial charge on any atom is -0.300 e. The Morgan fingerprint density at radius 1 is 1.06 bits per heavy atom. The molecule has 0 radical (unpaired) electrons. The molecule has 1 saturated heterocycles. The SMILES string of the molecule is Cc1ccccc1CN1CCN(CCS)CC1. The topological polar surface area (TPSA) is 6.48 Å². The number of nitrogens with zero attached hydrogens (tertiary/aromatic N) is 2. The molecule has 3 heteroatoms. The van der Waals surface area contributed by atoms with Crippen molar-refractivity contribution >= 4 is 12.6 Å². The van der Waals surface area contributed by atoms with Crippen molar-refractivity contribution in [1.29, 1.82) is 0 Å². The summed E-state index contributed by atoms with van der Waals surface area (Å²) in [5.74, 6) is 0.970. The molecule has 1 aromatic rings. The van der Waals surface area contributed by atoms with Gasteiger partial charge in [-0.2, -0.15) is 12.6 Å². The monoisotopic (exact) mass is 250 g/mol. The van der Waals surface area contributed by atoms with E-state index in [0.717, 1.165) is 18.8 Å². The molecule has 0 aliphatic carbocycles. The van der Waals surface area contributed by atoms with E-state index in [4.69, 9.17) is 0 Å². The zero-order chi connectivity index (χ0) is 12.1. The fourth-order valence-electron chi connectivity index (χ4n) is 2.34. The van der Waals surface area contributed by atoms with Crippen LogP contribution < -0.4 is 0 Å². The quantitative estimate of drug-likeness (QED) is 0.817. The summed E-state index contributed by atoms with van der Waals surface area (Å²) in [5.41, 5.74) is 2.88. The van der Waals surface area contributed by atoms with Gasteiger partial charge in [-0.3, -0.25) is 9.80 Å². The Balaban J connectivity index is 1.84. The first kappa shape index (κ1) is 12.9. The average Bonchev–Trinajstić information content (AvgIpc) is 2.35. The zero-order valence-electron chi connectivity index (χ0n) is 10.6. The van der Waals surface area contributed by atoms with E-state index in [1.807, 2.05) is 0 Å². The molecule has 0 bridgehead atoms. The summed E-state index contributed by atoms with van der Waals surface area (Å²) in [6, 6.07) is 8.70. The molecule has 1 heterocycles. The fourth-order valence-corrected chi connectivity index (χ4v) is 2.62. The molecule has 2 rings (SSSR count). The van der Waals surface area contributed by atoms with Crippen molar-refractivity contribution in [3.63, 3.8) is 0 Å². The van der Waals surface area contributed by atoms with Gasteiger partial charge in [-0.15, -0.1) is 0 Å². The lowest BCUT2D eigenvalue weighted by Crippen LogP contribution is -2.46. The summed E-state index contributed by atoms with van der Waals surface area (Å²) < 4.78 is 0. The van der Waals surface area contributed by atoms with Crippen LogP contribution in [0.25, 0.3) is 0 Å². The van der Waals surface area contributed by atoms with Crippen LogP contribution in [0, 0.1) is 6.92 Å². The summed E-state index contributed by atoms with van der Waals surface area (Å²) in [5, 5.41) is 0. The second-order valence-electron chi connectivity index (χ2n) is 4.77. The fraction of sp³-hybridized carbons (Fsp3) is 0.571. The van der Waals surface area contributed by atoms with Gasteiger partial charge in [0.15, 0.2) is 0 Å². The molecule has 1 fully saturated rings. The van der Waals surface area contributed by atoms with Gasteiger partial charge >= 0.3 is 0 Å². The Bertz CT molecular complexity index is 346. The van der Waals surface area contributed by atoms with E-state index in [0.29, 0.717) is 0 Å². The summed E-state index contributed by atoms with van der Waals surface area (Å²) in [4.78, 5) is 5.05. The third kappa shape index (κ3) is 3.73. The molecule has 1 aliphatic heterocycles. The second-order valence-corrected chi connectivity index (χ2v) is 5.22. The molecule has 94 valence electrons. The van der Waals surface area contributed by atoms with E-state index < -0.39 is 0 Å². The maximum atomic E-state index is 4.29. The van der Waals surface area contributed by atoms with Crippen LogP contribution in [-0.4, -0.2) is 48.3 Å². The predicted octanol–water partition coefficient (Wildman–Crippen LogP) is 2.04. The highest BCUT2D eigenvalue weighted by atomic mass is 32.1. The summed E-state index contributed by atoms with van der Waals surface area (Å²) in [7, 11) is 0. The molecular formula is C14H22N2S. The van der Waals surface area contributed by atoms with E-state index in [1.165, 1.54) is 37.3 Å². The first-order valence-electron chi connectivity index (χ1n) is 6.39. The van der Waals surface area contributed by atoms with Crippen LogP contribution in [0.1, 0.15) is 11.1 Å². The number of rotatable bonds is 4. The minimum absolute atomic E-state index is 0.970. The van der Waals surface area contributed by atoms with Gasteiger partial charge in [-0.05, 0) is 18.1 Å². The molecule has 0 aromatic heterocycles. The standard InChI is InChI=1S/C14H22N2S/c1-13-4-2-3-5-14(13)12-16-8-6-15(7-9-16)10-11-17/h2-5,17H,6-12H2,1H3. The van der Waals surface area contributed by atoms with Crippen molar-refractivity contribution in [2.24, 2.45) is 0 Å². The molecular weight excluding hydrogens is 228 g/mol. The maximum Gasteiger partial charge on any atom is 0.0237 e. The lowest BCUT2D eigenvalue weighted by molar-refractivity contribution is 0.132. The summed E-state index contributed by atoms with van der Waals surface area (Å²) in [6.45, 7) is 9.16. The van der Waals surface area contributed by atoms with E-state index in [9.17, 15) is 0 Å². The van der Waals surface area contributed by atoms with Crippen LogP contribution in [0.4, 0.5) is 0 Å². The molecule has 2 nitrogen and oxygen atoms in total. The molecule has 1 aliphatic rings. The Labute approximate surface area is 110 Å². The van der Waals surface area contributed by atoms with Crippen molar-refractivity contribution in [3.05, 3.63) is 35.4 Å². The van der Waals surface area contributed by atoms with Gasteiger partial charge in [0.1, 0.15) is 0 Å². The molecule has 17 heavy (non-hydrogen) atoms. The number of benzene rings is 1. The van der Waals surface area contributed by atoms with Crippen LogP contribution in [0.15, 0.2) is 24.3 Å². The van der Waals surface area contributed by atoms with Crippen LogP contribution >= 0.6 is 12.6 Å². The Hall–Kier alpha value is -0.510. The van der Waals surface area contributed by atoms with E-state index >= 15 is 0 Å². The first-order chi connectivity index (χ1) is 8.29. The highest BCUT2D eigenvalue weighted by molar-refractivity contribution is 7.80. The third-order valence-corrected chi connectivity index (χ3v) is 3.74. The number of thiol groups is 1. The third-order valence-electron chi connectivity index (χ3n) is 3.54. The van der Waals surface area contributed by atoms with Gasteiger partial charge in [0.2, 0.25) is 0 Å². The lowest BCUT2D eigenvalue weighted by Gasteiger charge is -2.34. The van der Waals surface area contributed by atoms with Crippen LogP contribution in [-0.2, 0) is 6.54 Å². The van der Waals surface area contributed by atoms with Crippen LogP contribution in [0.5, 0.6) is 0 Å². The van der Waals surface area contributed by atoms with E-state index in [1.54, 1.807) is 0 Å². The zero-order valence-corrected chi connectivity index (χ0v) is 11.5. The smallest absolute Gasteiger partial charge is 0.0237 e. The van der Waals surface area contributed by atoms with Crippen molar-refractivity contribution in [3.8, 4) is 0 Å². The van der Waals surface area contributed by atoms with Crippen molar-refractivity contribution in [1.82, 2.24) is 9.80 Å². The van der Waals surface area contributed by atoms with Crippen molar-refractivity contribution in [2.45, 2.75) is 13.5 Å². The van der Waals surface area contributed by atoms with Gasteiger partial charge in [0.05, 0.1) is 0 Å². The van der Waals surface area contributed by atoms with Gasteiger partial charge in [0.25, 0.3) is 0 Å². The Morgan fingerprint density at radius 3 is 2.35 bits per heavy atom. The number of piperazine rings is 1. The van der Waals surface area contributed by atoms with Crippen LogP contribution in [0.3, 0.4) is 0 Å². The highest BCUT2D eigenvalue weighted by Gasteiger charge is 2.16. The predicted molar refractivity (Wildman–Crippen MR) is 76.7 cm³/mol. The number of aryl methyl sites for hydroxylation is 1. The van der Waals surface area contributed by atoms with Crippen LogP contribution in [0.2, 0.25) is 0 Å². The largest absolute Gasteiger partial charge is 0.300 e. The van der Waals surface area contributed by atoms with E-state index in [2.05, 4.69) is 53.6 Å². The molecule has 0 saturated carbocycles. The lowest BCUT2D eigenvalue weighted by atomic mass is 10.1. The van der Waals surface area contributed by atoms with Gasteiger partial charge in [-0.25, -0.2) is 0 Å². The molecule has 0 amide bonds. The highest BCUT2D eigenvalue weighted by Crippen LogP contribution is 2.12. The Kier molecular flexibility index (Phi) is 4.89. The molecule has 0 N–H and O–H groups in total. The van der Waals surface area contributed by atoms with Crippen molar-refractivity contribution < 1.29 is 0 Å².